The van der Waals surface area contributed by atoms with E-state index in [0.29, 0.717) is 11.8 Å². The fourth-order valence-electron chi connectivity index (χ4n) is 2.09. The zero-order valence-corrected chi connectivity index (χ0v) is 14.8. The average Bonchev–Trinajstić information content (AvgIpc) is 2.39. The molecule has 0 saturated heterocycles. The number of nitrogens with one attached hydrogen (secondary N) is 1. The van der Waals surface area contributed by atoms with E-state index in [1.165, 1.54) is 18.4 Å². The molecule has 1 N–H and O–H groups in total. The smallest absolute Gasteiger partial charge is 0.119 e. The molecule has 1 atom stereocenters. The maximum atomic E-state index is 5.89. The van der Waals surface area contributed by atoms with Crippen LogP contribution in [-0.2, 0) is 6.54 Å². The molecule has 114 valence electrons. The summed E-state index contributed by atoms with van der Waals surface area (Å²) in [5.41, 5.74) is 1.26. The number of hydrogen-bond donors (Lipinski definition) is 1. The van der Waals surface area contributed by atoms with Crippen molar-refractivity contribution in [1.82, 2.24) is 5.32 Å². The Labute approximate surface area is 132 Å². The Kier molecular flexibility index (Phi) is 8.24. The Balaban J connectivity index is 2.52. The summed E-state index contributed by atoms with van der Waals surface area (Å²) in [4.78, 5) is 0. The fourth-order valence-corrected chi connectivity index (χ4v) is 2.47. The van der Waals surface area contributed by atoms with Gasteiger partial charge >= 0.3 is 0 Å². The highest BCUT2D eigenvalue weighted by Gasteiger charge is 2.05. The zero-order valence-electron chi connectivity index (χ0n) is 13.2. The van der Waals surface area contributed by atoms with Gasteiger partial charge in [0, 0.05) is 11.0 Å². The lowest BCUT2D eigenvalue weighted by Crippen LogP contribution is -2.19. The monoisotopic (exact) mass is 341 g/mol. The molecule has 3 heteroatoms. The average molecular weight is 342 g/mol. The van der Waals surface area contributed by atoms with E-state index in [-0.39, 0.29) is 0 Å². The molecular weight excluding hydrogens is 314 g/mol. The molecule has 0 aliphatic heterocycles. The van der Waals surface area contributed by atoms with Crippen molar-refractivity contribution in [3.8, 4) is 5.75 Å². The van der Waals surface area contributed by atoms with Crippen LogP contribution in [0.15, 0.2) is 22.7 Å². The molecule has 2 nitrogen and oxygen atoms in total. The van der Waals surface area contributed by atoms with Gasteiger partial charge in [-0.15, -0.1) is 0 Å². The highest BCUT2D eigenvalue weighted by Crippen LogP contribution is 2.23. The van der Waals surface area contributed by atoms with Gasteiger partial charge in [-0.2, -0.15) is 0 Å². The van der Waals surface area contributed by atoms with Crippen molar-refractivity contribution in [2.24, 2.45) is 11.8 Å². The van der Waals surface area contributed by atoms with Crippen molar-refractivity contribution in [2.45, 2.75) is 47.1 Å². The van der Waals surface area contributed by atoms with Crippen LogP contribution in [0.2, 0.25) is 0 Å². The molecule has 0 bridgehead atoms. The summed E-state index contributed by atoms with van der Waals surface area (Å²) >= 11 is 3.61. The first-order chi connectivity index (χ1) is 9.52. The summed E-state index contributed by atoms with van der Waals surface area (Å²) in [5.74, 6) is 2.26. The first kappa shape index (κ1) is 17.5. The van der Waals surface area contributed by atoms with Crippen LogP contribution < -0.4 is 10.1 Å². The molecule has 0 aliphatic rings. The quantitative estimate of drug-likeness (QED) is 0.681. The van der Waals surface area contributed by atoms with Crippen molar-refractivity contribution in [3.05, 3.63) is 28.2 Å². The highest BCUT2D eigenvalue weighted by atomic mass is 79.9. The molecule has 0 aliphatic carbocycles. The second-order valence-corrected chi connectivity index (χ2v) is 6.84. The molecule has 1 aromatic carbocycles. The molecule has 0 saturated carbocycles. The molecule has 0 radical (unpaired) electrons. The third-order valence-corrected chi connectivity index (χ3v) is 3.97. The Morgan fingerprint density at radius 3 is 2.65 bits per heavy atom. The van der Waals surface area contributed by atoms with Gasteiger partial charge in [0.1, 0.15) is 5.75 Å². The molecule has 0 spiro atoms. The van der Waals surface area contributed by atoms with Crippen LogP contribution in [0.4, 0.5) is 0 Å². The van der Waals surface area contributed by atoms with Gasteiger partial charge in [0.15, 0.2) is 0 Å². The number of hydrogen-bond acceptors (Lipinski definition) is 2. The first-order valence-corrected chi connectivity index (χ1v) is 8.44. The molecule has 1 unspecified atom stereocenters. The zero-order chi connectivity index (χ0) is 15.0. The van der Waals surface area contributed by atoms with E-state index in [0.717, 1.165) is 29.9 Å². The van der Waals surface area contributed by atoms with E-state index in [1.807, 2.05) is 6.07 Å². The summed E-state index contributed by atoms with van der Waals surface area (Å²) in [6.45, 7) is 11.6. The van der Waals surface area contributed by atoms with Gasteiger partial charge in [-0.05, 0) is 48.6 Å². The predicted molar refractivity (Wildman–Crippen MR) is 90.3 cm³/mol. The standard InChI is InChI=1S/C17H28BrNO/c1-5-6-14(4)12-20-16-7-8-17(18)15(9-16)11-19-10-13(2)3/h7-9,13-14,19H,5-6,10-12H2,1-4H3. The lowest BCUT2D eigenvalue weighted by atomic mass is 10.1. The number of rotatable bonds is 9. The second kappa shape index (κ2) is 9.41. The van der Waals surface area contributed by atoms with E-state index in [2.05, 4.69) is 61.1 Å². The Bertz CT molecular complexity index is 393. The molecule has 0 amide bonds. The van der Waals surface area contributed by atoms with E-state index < -0.39 is 0 Å². The minimum absolute atomic E-state index is 0.617. The largest absolute Gasteiger partial charge is 0.493 e. The van der Waals surface area contributed by atoms with Gasteiger partial charge in [-0.3, -0.25) is 0 Å². The van der Waals surface area contributed by atoms with Gasteiger partial charge < -0.3 is 10.1 Å². The summed E-state index contributed by atoms with van der Waals surface area (Å²) < 4.78 is 7.04. The number of benzene rings is 1. The van der Waals surface area contributed by atoms with Crippen LogP contribution in [0.5, 0.6) is 5.75 Å². The molecule has 0 fully saturated rings. The van der Waals surface area contributed by atoms with Crippen LogP contribution in [0.1, 0.15) is 46.1 Å². The van der Waals surface area contributed by atoms with Crippen molar-refractivity contribution in [2.75, 3.05) is 13.2 Å². The minimum atomic E-state index is 0.617. The fraction of sp³-hybridized carbons (Fsp3) is 0.647. The van der Waals surface area contributed by atoms with Gasteiger partial charge in [-0.25, -0.2) is 0 Å². The molecule has 20 heavy (non-hydrogen) atoms. The van der Waals surface area contributed by atoms with E-state index >= 15 is 0 Å². The Morgan fingerprint density at radius 1 is 1.25 bits per heavy atom. The van der Waals surface area contributed by atoms with Gasteiger partial charge in [0.2, 0.25) is 0 Å². The van der Waals surface area contributed by atoms with E-state index in [9.17, 15) is 0 Å². The highest BCUT2D eigenvalue weighted by molar-refractivity contribution is 9.10. The van der Waals surface area contributed by atoms with Gasteiger partial charge in [-0.1, -0.05) is 50.0 Å². The Morgan fingerprint density at radius 2 is 2.00 bits per heavy atom. The number of halogens is 1. The Hall–Kier alpha value is -0.540. The SMILES string of the molecule is CCCC(C)COc1ccc(Br)c(CNCC(C)C)c1. The van der Waals surface area contributed by atoms with E-state index in [1.54, 1.807) is 0 Å². The van der Waals surface area contributed by atoms with E-state index in [4.69, 9.17) is 4.74 Å². The van der Waals surface area contributed by atoms with Gasteiger partial charge in [0.25, 0.3) is 0 Å². The van der Waals surface area contributed by atoms with Crippen molar-refractivity contribution in [3.63, 3.8) is 0 Å². The molecule has 1 rings (SSSR count). The van der Waals surface area contributed by atoms with Crippen molar-refractivity contribution >= 4 is 15.9 Å². The summed E-state index contributed by atoms with van der Waals surface area (Å²) in [7, 11) is 0. The molecular formula is C17H28BrNO. The van der Waals surface area contributed by atoms with Crippen LogP contribution in [0.3, 0.4) is 0 Å². The summed E-state index contributed by atoms with van der Waals surface area (Å²) in [5, 5.41) is 3.47. The lowest BCUT2D eigenvalue weighted by molar-refractivity contribution is 0.251. The van der Waals surface area contributed by atoms with Crippen molar-refractivity contribution in [1.29, 1.82) is 0 Å². The normalized spacial score (nSPS) is 12.7. The molecule has 1 aromatic rings. The van der Waals surface area contributed by atoms with Crippen LogP contribution in [-0.4, -0.2) is 13.2 Å². The van der Waals surface area contributed by atoms with Crippen molar-refractivity contribution < 1.29 is 4.74 Å². The lowest BCUT2D eigenvalue weighted by Gasteiger charge is -2.14. The summed E-state index contributed by atoms with van der Waals surface area (Å²) in [6.07, 6.45) is 2.44. The first-order valence-electron chi connectivity index (χ1n) is 7.64. The predicted octanol–water partition coefficient (Wildman–Crippen LogP) is 5.01. The third-order valence-electron chi connectivity index (χ3n) is 3.20. The topological polar surface area (TPSA) is 21.3 Å². The van der Waals surface area contributed by atoms with Gasteiger partial charge in [0.05, 0.1) is 6.61 Å². The van der Waals surface area contributed by atoms with Crippen LogP contribution >= 0.6 is 15.9 Å². The van der Waals surface area contributed by atoms with Crippen LogP contribution in [0.25, 0.3) is 0 Å². The third kappa shape index (κ3) is 6.76. The maximum absolute atomic E-state index is 5.89. The number of ether oxygens (including phenoxy) is 1. The summed E-state index contributed by atoms with van der Waals surface area (Å²) in [6, 6.07) is 6.25. The minimum Gasteiger partial charge on any atom is -0.493 e. The van der Waals surface area contributed by atoms with Crippen LogP contribution in [0, 0.1) is 11.8 Å². The molecule has 0 aromatic heterocycles. The molecule has 0 heterocycles. The second-order valence-electron chi connectivity index (χ2n) is 5.98. The maximum Gasteiger partial charge on any atom is 0.119 e.